The van der Waals surface area contributed by atoms with Crippen LogP contribution in [0.3, 0.4) is 0 Å². The molecule has 30 heavy (non-hydrogen) atoms. The van der Waals surface area contributed by atoms with E-state index in [0.717, 1.165) is 32.7 Å². The van der Waals surface area contributed by atoms with Gasteiger partial charge in [0.25, 0.3) is 5.91 Å². The van der Waals surface area contributed by atoms with Crippen LogP contribution in [0.2, 0.25) is 0 Å². The summed E-state index contributed by atoms with van der Waals surface area (Å²) < 4.78 is 31.7. The number of carbonyl (C=O) groups is 2. The highest BCUT2D eigenvalue weighted by atomic mass is 32.1. The molecule has 2 aliphatic heterocycles. The summed E-state index contributed by atoms with van der Waals surface area (Å²) in [7, 11) is 0. The van der Waals surface area contributed by atoms with E-state index in [0.29, 0.717) is 17.5 Å². The van der Waals surface area contributed by atoms with Crippen molar-refractivity contribution < 1.29 is 27.9 Å². The second-order valence-electron chi connectivity index (χ2n) is 7.33. The Morgan fingerprint density at radius 2 is 1.80 bits per heavy atom. The molecule has 2 atom stereocenters. The summed E-state index contributed by atoms with van der Waals surface area (Å²) in [6.45, 7) is 7.07. The van der Waals surface area contributed by atoms with E-state index < -0.39 is 12.1 Å². The summed E-state index contributed by atoms with van der Waals surface area (Å²) >= 11 is 1.88. The molecule has 4 rings (SSSR count). The van der Waals surface area contributed by atoms with Crippen molar-refractivity contribution in [3.05, 3.63) is 46.2 Å². The number of halogens is 3. The molecule has 1 amide bonds. The van der Waals surface area contributed by atoms with Crippen LogP contribution in [0.25, 0.3) is 0 Å². The lowest BCUT2D eigenvalue weighted by Crippen LogP contribution is -2.33. The minimum absolute atomic E-state index is 0.0212. The van der Waals surface area contributed by atoms with E-state index in [2.05, 4.69) is 33.9 Å². The molecule has 0 aromatic carbocycles. The summed E-state index contributed by atoms with van der Waals surface area (Å²) in [4.78, 5) is 36.8. The molecule has 2 aromatic heterocycles. The molecule has 0 saturated carbocycles. The van der Waals surface area contributed by atoms with Crippen LogP contribution in [-0.2, 0) is 11.3 Å². The lowest BCUT2D eigenvalue weighted by atomic mass is 10.0. The molecule has 0 unspecified atom stereocenters. The molecule has 2 aromatic rings. The summed E-state index contributed by atoms with van der Waals surface area (Å²) in [5, 5.41) is 7.12. The van der Waals surface area contributed by atoms with Crippen LogP contribution in [0.1, 0.15) is 20.2 Å². The third-order valence-corrected chi connectivity index (χ3v) is 6.03. The van der Waals surface area contributed by atoms with Crippen molar-refractivity contribution in [2.75, 3.05) is 26.2 Å². The van der Waals surface area contributed by atoms with Gasteiger partial charge in [0.05, 0.1) is 6.20 Å². The average Bonchev–Trinajstić information content (AvgIpc) is 3.36. The number of fused-ring (bicyclic) bond motifs is 1. The first-order chi connectivity index (χ1) is 14.1. The van der Waals surface area contributed by atoms with Gasteiger partial charge in [0.15, 0.2) is 0 Å². The Kier molecular flexibility index (Phi) is 6.71. The molecular weight excluding hydrogens is 421 g/mol. The number of likely N-dealkylation sites (tertiary alicyclic amines) is 2. The van der Waals surface area contributed by atoms with Crippen LogP contribution in [0.15, 0.2) is 30.7 Å². The molecule has 2 saturated heterocycles. The lowest BCUT2D eigenvalue weighted by molar-refractivity contribution is -0.192. The quantitative estimate of drug-likeness (QED) is 0.787. The lowest BCUT2D eigenvalue weighted by Gasteiger charge is -2.20. The molecule has 0 radical (unpaired) electrons. The van der Waals surface area contributed by atoms with E-state index in [-0.39, 0.29) is 5.91 Å². The Morgan fingerprint density at radius 3 is 2.27 bits per heavy atom. The first-order valence-electron chi connectivity index (χ1n) is 9.26. The summed E-state index contributed by atoms with van der Waals surface area (Å²) in [6.07, 6.45) is -0.351. The second-order valence-corrected chi connectivity index (χ2v) is 8.70. The fourth-order valence-corrected chi connectivity index (χ4v) is 4.68. The average molecular weight is 442 g/mol. The number of carboxylic acid groups (broad SMARTS) is 1. The third-order valence-electron chi connectivity index (χ3n) is 5.05. The van der Waals surface area contributed by atoms with Gasteiger partial charge < -0.3 is 10.0 Å². The number of amides is 1. The van der Waals surface area contributed by atoms with Crippen molar-refractivity contribution >= 4 is 23.2 Å². The highest BCUT2D eigenvalue weighted by molar-refractivity contribution is 7.11. The number of hydrogen-bond donors (Lipinski definition) is 1. The molecule has 0 aliphatic carbocycles. The number of rotatable bonds is 3. The second kappa shape index (κ2) is 9.09. The molecule has 11 heteroatoms. The topological polar surface area (TPSA) is 86.6 Å². The minimum atomic E-state index is -5.08. The van der Waals surface area contributed by atoms with Crippen LogP contribution < -0.4 is 0 Å². The van der Waals surface area contributed by atoms with Gasteiger partial charge in [-0.25, -0.2) is 9.78 Å². The zero-order valence-corrected chi connectivity index (χ0v) is 17.0. The number of carboxylic acids is 1. The van der Waals surface area contributed by atoms with E-state index in [1.165, 1.54) is 9.75 Å². The minimum Gasteiger partial charge on any atom is -0.475 e. The van der Waals surface area contributed by atoms with Gasteiger partial charge in [-0.1, -0.05) is 0 Å². The van der Waals surface area contributed by atoms with Gasteiger partial charge >= 0.3 is 12.1 Å². The van der Waals surface area contributed by atoms with E-state index >= 15 is 0 Å². The molecule has 1 N–H and O–H groups in total. The fraction of sp³-hybridized carbons (Fsp3) is 0.474. The maximum atomic E-state index is 12.5. The van der Waals surface area contributed by atoms with Gasteiger partial charge in [0, 0.05) is 54.9 Å². The Bertz CT molecular complexity index is 877. The van der Waals surface area contributed by atoms with E-state index in [1.807, 2.05) is 16.2 Å². The highest BCUT2D eigenvalue weighted by Gasteiger charge is 2.42. The molecule has 0 bridgehead atoms. The van der Waals surface area contributed by atoms with Crippen LogP contribution in [0.5, 0.6) is 0 Å². The number of aliphatic carboxylic acids is 1. The largest absolute Gasteiger partial charge is 0.490 e. The molecular formula is C19H21F3N4O3S. The van der Waals surface area contributed by atoms with Gasteiger partial charge in [-0.2, -0.15) is 13.2 Å². The molecule has 2 fully saturated rings. The van der Waals surface area contributed by atoms with Crippen molar-refractivity contribution in [3.63, 3.8) is 0 Å². The number of aryl methyl sites for hydroxylation is 1. The maximum Gasteiger partial charge on any atom is 0.490 e. The van der Waals surface area contributed by atoms with Crippen molar-refractivity contribution in [1.29, 1.82) is 0 Å². The van der Waals surface area contributed by atoms with Crippen LogP contribution in [0, 0.1) is 18.8 Å². The predicted molar refractivity (Wildman–Crippen MR) is 103 cm³/mol. The van der Waals surface area contributed by atoms with Crippen molar-refractivity contribution in [3.8, 4) is 0 Å². The SMILES string of the molecule is Cc1ccc(CN2C[C@@H]3CN(C(=O)c4cnccn4)C[C@@H]3C2)s1.O=C(O)C(F)(F)F. The predicted octanol–water partition coefficient (Wildman–Crippen LogP) is 2.68. The van der Waals surface area contributed by atoms with E-state index in [1.54, 1.807) is 18.6 Å². The monoisotopic (exact) mass is 442 g/mol. The fourth-order valence-electron chi connectivity index (χ4n) is 3.75. The number of hydrogen-bond acceptors (Lipinski definition) is 6. The Balaban J connectivity index is 0.000000318. The Hall–Kier alpha value is -2.53. The summed E-state index contributed by atoms with van der Waals surface area (Å²) in [5.74, 6) is -1.55. The van der Waals surface area contributed by atoms with E-state index in [9.17, 15) is 18.0 Å². The van der Waals surface area contributed by atoms with Crippen molar-refractivity contribution in [2.45, 2.75) is 19.6 Å². The highest BCUT2D eigenvalue weighted by Crippen LogP contribution is 2.33. The Labute approximate surface area is 175 Å². The molecule has 2 aliphatic rings. The van der Waals surface area contributed by atoms with Gasteiger partial charge in [-0.3, -0.25) is 14.7 Å². The smallest absolute Gasteiger partial charge is 0.475 e. The molecule has 0 spiro atoms. The number of aromatic nitrogens is 2. The zero-order valence-electron chi connectivity index (χ0n) is 16.2. The Morgan fingerprint density at radius 1 is 1.17 bits per heavy atom. The maximum absolute atomic E-state index is 12.5. The van der Waals surface area contributed by atoms with Crippen molar-refractivity contribution in [2.24, 2.45) is 11.8 Å². The number of nitrogens with zero attached hydrogens (tertiary/aromatic N) is 4. The van der Waals surface area contributed by atoms with Gasteiger partial charge in [-0.05, 0) is 30.9 Å². The van der Waals surface area contributed by atoms with Gasteiger partial charge in [0.1, 0.15) is 5.69 Å². The van der Waals surface area contributed by atoms with E-state index in [4.69, 9.17) is 9.90 Å². The van der Waals surface area contributed by atoms with Crippen LogP contribution in [0.4, 0.5) is 13.2 Å². The van der Waals surface area contributed by atoms with Crippen molar-refractivity contribution in [1.82, 2.24) is 19.8 Å². The molecule has 162 valence electrons. The van der Waals surface area contributed by atoms with Crippen LogP contribution >= 0.6 is 11.3 Å². The molecule has 4 heterocycles. The third kappa shape index (κ3) is 5.54. The first-order valence-corrected chi connectivity index (χ1v) is 10.1. The van der Waals surface area contributed by atoms with Gasteiger partial charge in [0.2, 0.25) is 0 Å². The standard InChI is InChI=1S/C17H20N4OS.C2HF3O2/c1-12-2-3-15(23-12)11-20-7-13-9-21(10-14(13)8-20)17(22)16-6-18-4-5-19-16;3-2(4,5)1(6)7/h2-6,13-14H,7-11H2,1H3;(H,6,7)/t13-,14+;. The number of carbonyl (C=O) groups excluding carboxylic acids is 1. The zero-order chi connectivity index (χ0) is 21.9. The van der Waals surface area contributed by atoms with Crippen LogP contribution in [-0.4, -0.2) is 69.1 Å². The number of alkyl halides is 3. The summed E-state index contributed by atoms with van der Waals surface area (Å²) in [5.41, 5.74) is 0.457. The summed E-state index contributed by atoms with van der Waals surface area (Å²) in [6, 6.07) is 4.43. The molecule has 7 nitrogen and oxygen atoms in total. The normalized spacial score (nSPS) is 21.1. The first kappa shape index (κ1) is 22.2. The number of thiophene rings is 1. The van der Waals surface area contributed by atoms with Gasteiger partial charge in [-0.15, -0.1) is 11.3 Å².